The van der Waals surface area contributed by atoms with Crippen molar-refractivity contribution < 1.29 is 9.45 Å². The second-order valence-corrected chi connectivity index (χ2v) is 6.09. The Bertz CT molecular complexity index is 1060. The fourth-order valence-corrected chi connectivity index (χ4v) is 3.14. The minimum atomic E-state index is -0.455. The molecule has 0 aliphatic heterocycles. The predicted octanol–water partition coefficient (Wildman–Crippen LogP) is 3.58. The first kappa shape index (κ1) is 15.3. The number of hydrogen-bond donors (Lipinski definition) is 0. The maximum absolute atomic E-state index is 10.9. The zero-order valence-corrected chi connectivity index (χ0v) is 13.6. The van der Waals surface area contributed by atoms with Gasteiger partial charge in [0.15, 0.2) is 5.16 Å². The third kappa shape index (κ3) is 3.09. The zero-order chi connectivity index (χ0) is 17.2. The van der Waals surface area contributed by atoms with E-state index in [2.05, 4.69) is 15.1 Å². The molecule has 25 heavy (non-hydrogen) atoms. The number of non-ortho nitro benzene ring substituents is 1. The first-order chi connectivity index (χ1) is 12.2. The molecule has 0 N–H and O–H groups in total. The molecule has 0 aliphatic carbocycles. The Morgan fingerprint density at radius 2 is 2.16 bits per heavy atom. The molecule has 0 bridgehead atoms. The summed E-state index contributed by atoms with van der Waals surface area (Å²) in [5.41, 5.74) is 1.54. The Balaban J connectivity index is 1.52. The molecular weight excluding hydrogens is 342 g/mol. The van der Waals surface area contributed by atoms with Gasteiger partial charge in [0.05, 0.1) is 22.4 Å². The summed E-state index contributed by atoms with van der Waals surface area (Å²) in [5, 5.41) is 15.6. The summed E-state index contributed by atoms with van der Waals surface area (Å²) < 4.78 is 7.22. The van der Waals surface area contributed by atoms with Gasteiger partial charge in [-0.3, -0.25) is 14.5 Å². The van der Waals surface area contributed by atoms with Crippen LogP contribution in [0.4, 0.5) is 5.69 Å². The third-order valence-electron chi connectivity index (χ3n) is 3.51. The van der Waals surface area contributed by atoms with Crippen molar-refractivity contribution in [2.75, 3.05) is 0 Å². The van der Waals surface area contributed by atoms with Crippen molar-refractivity contribution in [3.8, 4) is 11.4 Å². The van der Waals surface area contributed by atoms with Crippen molar-refractivity contribution >= 4 is 23.0 Å². The van der Waals surface area contributed by atoms with Crippen molar-refractivity contribution in [2.24, 2.45) is 0 Å². The monoisotopic (exact) mass is 353 g/mol. The highest BCUT2D eigenvalue weighted by Crippen LogP contribution is 2.25. The predicted molar refractivity (Wildman–Crippen MR) is 91.1 cm³/mol. The quantitative estimate of drug-likeness (QED) is 0.307. The molecule has 3 heterocycles. The molecule has 0 aliphatic rings. The highest BCUT2D eigenvalue weighted by molar-refractivity contribution is 7.98. The molecular formula is C16H11N5O3S. The lowest BCUT2D eigenvalue weighted by atomic mass is 10.2. The van der Waals surface area contributed by atoms with E-state index in [1.807, 2.05) is 28.8 Å². The molecule has 1 aromatic carbocycles. The van der Waals surface area contributed by atoms with Gasteiger partial charge in [0, 0.05) is 23.9 Å². The molecule has 4 rings (SSSR count). The second-order valence-electron chi connectivity index (χ2n) is 5.14. The summed E-state index contributed by atoms with van der Waals surface area (Å²) in [4.78, 5) is 19.1. The summed E-state index contributed by atoms with van der Waals surface area (Å²) in [6.07, 6.45) is 3.73. The van der Waals surface area contributed by atoms with Gasteiger partial charge in [0.2, 0.25) is 11.7 Å². The van der Waals surface area contributed by atoms with Gasteiger partial charge in [-0.25, -0.2) is 4.98 Å². The SMILES string of the molecule is O=[N+]([O-])c1cccc(-c2noc(CSc3ncc4ccccn34)n2)c1. The Morgan fingerprint density at radius 3 is 3.04 bits per heavy atom. The Hall–Kier alpha value is -3.20. The number of pyridine rings is 1. The molecule has 0 saturated carbocycles. The van der Waals surface area contributed by atoms with E-state index in [9.17, 15) is 10.1 Å². The van der Waals surface area contributed by atoms with Gasteiger partial charge in [0.25, 0.3) is 5.69 Å². The van der Waals surface area contributed by atoms with Crippen LogP contribution < -0.4 is 0 Å². The number of nitrogens with zero attached hydrogens (tertiary/aromatic N) is 5. The number of hydrogen-bond acceptors (Lipinski definition) is 7. The molecule has 0 amide bonds. The molecule has 0 spiro atoms. The van der Waals surface area contributed by atoms with Gasteiger partial charge in [-0.1, -0.05) is 35.1 Å². The van der Waals surface area contributed by atoms with Crippen LogP contribution in [0.2, 0.25) is 0 Å². The van der Waals surface area contributed by atoms with Crippen molar-refractivity contribution in [3.63, 3.8) is 0 Å². The highest BCUT2D eigenvalue weighted by atomic mass is 32.2. The first-order valence-electron chi connectivity index (χ1n) is 7.33. The number of aromatic nitrogens is 4. The summed E-state index contributed by atoms with van der Waals surface area (Å²) in [6.45, 7) is 0. The van der Waals surface area contributed by atoms with Gasteiger partial charge in [-0.2, -0.15) is 4.98 Å². The van der Waals surface area contributed by atoms with Crippen LogP contribution in [0.15, 0.2) is 64.5 Å². The molecule has 0 fully saturated rings. The van der Waals surface area contributed by atoms with Crippen LogP contribution in [0.5, 0.6) is 0 Å². The van der Waals surface area contributed by atoms with E-state index in [0.717, 1.165) is 10.7 Å². The lowest BCUT2D eigenvalue weighted by molar-refractivity contribution is -0.384. The molecule has 0 atom stereocenters. The Kier molecular flexibility index (Phi) is 3.90. The van der Waals surface area contributed by atoms with Crippen LogP contribution in [0, 0.1) is 10.1 Å². The van der Waals surface area contributed by atoms with Crippen LogP contribution in [0.1, 0.15) is 5.89 Å². The number of thioether (sulfide) groups is 1. The summed E-state index contributed by atoms with van der Waals surface area (Å²) in [6, 6.07) is 12.0. The molecule has 9 heteroatoms. The lowest BCUT2D eigenvalue weighted by Crippen LogP contribution is -1.89. The molecule has 8 nitrogen and oxygen atoms in total. The van der Waals surface area contributed by atoms with Crippen LogP contribution >= 0.6 is 11.8 Å². The average molecular weight is 353 g/mol. The number of nitro benzene ring substituents is 1. The van der Waals surface area contributed by atoms with Crippen LogP contribution in [-0.2, 0) is 5.75 Å². The highest BCUT2D eigenvalue weighted by Gasteiger charge is 2.13. The third-order valence-corrected chi connectivity index (χ3v) is 4.46. The minimum Gasteiger partial charge on any atom is -0.338 e. The molecule has 0 unspecified atom stereocenters. The van der Waals surface area contributed by atoms with Gasteiger partial charge in [0.1, 0.15) is 0 Å². The van der Waals surface area contributed by atoms with Crippen molar-refractivity contribution in [1.29, 1.82) is 0 Å². The summed E-state index contributed by atoms with van der Waals surface area (Å²) in [5.74, 6) is 1.21. The van der Waals surface area contributed by atoms with E-state index in [4.69, 9.17) is 4.52 Å². The largest absolute Gasteiger partial charge is 0.338 e. The van der Waals surface area contributed by atoms with E-state index in [-0.39, 0.29) is 5.69 Å². The number of benzene rings is 1. The van der Waals surface area contributed by atoms with Crippen LogP contribution in [0.25, 0.3) is 16.9 Å². The van der Waals surface area contributed by atoms with Gasteiger partial charge < -0.3 is 4.52 Å². The van der Waals surface area contributed by atoms with Gasteiger partial charge in [-0.05, 0) is 12.1 Å². The van der Waals surface area contributed by atoms with Crippen LogP contribution in [0.3, 0.4) is 0 Å². The topological polar surface area (TPSA) is 99.4 Å². The maximum Gasteiger partial charge on any atom is 0.270 e. The molecule has 0 saturated heterocycles. The number of imidazole rings is 1. The van der Waals surface area contributed by atoms with E-state index >= 15 is 0 Å². The fraction of sp³-hybridized carbons (Fsp3) is 0.0625. The van der Waals surface area contributed by atoms with E-state index in [1.54, 1.807) is 18.3 Å². The number of rotatable bonds is 5. The Morgan fingerprint density at radius 1 is 1.24 bits per heavy atom. The Labute approximate surface area is 145 Å². The smallest absolute Gasteiger partial charge is 0.270 e. The van der Waals surface area contributed by atoms with E-state index in [0.29, 0.717) is 23.0 Å². The van der Waals surface area contributed by atoms with Gasteiger partial charge >= 0.3 is 0 Å². The molecule has 4 aromatic rings. The average Bonchev–Trinajstić information content (AvgIpc) is 3.27. The normalized spacial score (nSPS) is 11.0. The number of fused-ring (bicyclic) bond motifs is 1. The lowest BCUT2D eigenvalue weighted by Gasteiger charge is -1.98. The maximum atomic E-state index is 10.9. The zero-order valence-electron chi connectivity index (χ0n) is 12.8. The van der Waals surface area contributed by atoms with Crippen molar-refractivity contribution in [2.45, 2.75) is 10.9 Å². The fourth-order valence-electron chi connectivity index (χ4n) is 2.34. The van der Waals surface area contributed by atoms with Crippen molar-refractivity contribution in [1.82, 2.24) is 19.5 Å². The van der Waals surface area contributed by atoms with E-state index < -0.39 is 4.92 Å². The first-order valence-corrected chi connectivity index (χ1v) is 8.31. The number of nitro groups is 1. The standard InChI is InChI=1S/C16H11N5O3S/c22-21(23)12-6-3-4-11(8-12)15-18-14(24-19-15)10-25-16-17-9-13-5-1-2-7-20(13)16/h1-9H,10H2. The summed E-state index contributed by atoms with van der Waals surface area (Å²) in [7, 11) is 0. The van der Waals surface area contributed by atoms with Crippen molar-refractivity contribution in [3.05, 3.63) is 70.9 Å². The van der Waals surface area contributed by atoms with Gasteiger partial charge in [-0.15, -0.1) is 0 Å². The second kappa shape index (κ2) is 6.36. The van der Waals surface area contributed by atoms with Crippen LogP contribution in [-0.4, -0.2) is 24.4 Å². The van der Waals surface area contributed by atoms with E-state index in [1.165, 1.54) is 23.9 Å². The molecule has 124 valence electrons. The molecule has 0 radical (unpaired) electrons. The summed E-state index contributed by atoms with van der Waals surface area (Å²) >= 11 is 1.47. The minimum absolute atomic E-state index is 0.0120. The molecule has 3 aromatic heterocycles.